The topological polar surface area (TPSA) is 134 Å². The van der Waals surface area contributed by atoms with Crippen LogP contribution in [0.3, 0.4) is 0 Å². The van der Waals surface area contributed by atoms with E-state index in [1.807, 2.05) is 0 Å². The molecule has 0 spiro atoms. The molecular weight excluding hydrogens is 1150 g/mol. The first kappa shape index (κ1) is 87.7. The molecule has 0 amide bonds. The van der Waals surface area contributed by atoms with E-state index in [9.17, 15) is 19.0 Å². The fourth-order valence-electron chi connectivity index (χ4n) is 11.1. The second-order valence-electron chi connectivity index (χ2n) is 25.5. The maximum Gasteiger partial charge on any atom is 0.472 e. The van der Waals surface area contributed by atoms with E-state index in [2.05, 4.69) is 123 Å². The average Bonchev–Trinajstić information content (AvgIpc) is 3.74. The summed E-state index contributed by atoms with van der Waals surface area (Å²) in [7, 11) is -4.40. The first-order valence-corrected chi connectivity index (χ1v) is 39.9. The van der Waals surface area contributed by atoms with E-state index in [-0.39, 0.29) is 38.6 Å². The van der Waals surface area contributed by atoms with Crippen molar-refractivity contribution in [2.45, 2.75) is 367 Å². The monoisotopic (exact) mass is 1290 g/mol. The van der Waals surface area contributed by atoms with E-state index < -0.39 is 26.5 Å². The summed E-state index contributed by atoms with van der Waals surface area (Å²) in [5.74, 6) is -0.812. The van der Waals surface area contributed by atoms with Crippen LogP contribution in [0.1, 0.15) is 361 Å². The van der Waals surface area contributed by atoms with Gasteiger partial charge in [-0.05, 0) is 96.3 Å². The van der Waals surface area contributed by atoms with Crippen LogP contribution >= 0.6 is 7.82 Å². The van der Waals surface area contributed by atoms with Crippen molar-refractivity contribution in [1.29, 1.82) is 0 Å². The molecular formula is C81H144NO8P. The summed E-state index contributed by atoms with van der Waals surface area (Å²) < 4.78 is 33.3. The Kier molecular flexibility index (Phi) is 72.9. The van der Waals surface area contributed by atoms with E-state index in [1.54, 1.807) is 0 Å². The van der Waals surface area contributed by atoms with Gasteiger partial charge in [-0.2, -0.15) is 0 Å². The van der Waals surface area contributed by atoms with Gasteiger partial charge in [0, 0.05) is 19.4 Å². The second kappa shape index (κ2) is 75.7. The molecule has 9 nitrogen and oxygen atoms in total. The summed E-state index contributed by atoms with van der Waals surface area (Å²) in [6, 6.07) is 0. The quantitative estimate of drug-likeness (QED) is 0.0264. The van der Waals surface area contributed by atoms with Gasteiger partial charge in [-0.25, -0.2) is 4.57 Å². The number of phosphoric ester groups is 1. The number of rotatable bonds is 72. The van der Waals surface area contributed by atoms with Gasteiger partial charge < -0.3 is 20.1 Å². The number of phosphoric acid groups is 1. The Balaban J connectivity index is 3.79. The third-order valence-electron chi connectivity index (χ3n) is 16.7. The fourth-order valence-corrected chi connectivity index (χ4v) is 11.8. The zero-order chi connectivity index (χ0) is 65.8. The van der Waals surface area contributed by atoms with Gasteiger partial charge >= 0.3 is 19.8 Å². The molecule has 0 aliphatic heterocycles. The molecule has 3 N–H and O–H groups in total. The predicted octanol–water partition coefficient (Wildman–Crippen LogP) is 25.6. The lowest BCUT2D eigenvalue weighted by atomic mass is 10.0. The predicted molar refractivity (Wildman–Crippen MR) is 395 cm³/mol. The van der Waals surface area contributed by atoms with Gasteiger partial charge in [0.2, 0.25) is 0 Å². The van der Waals surface area contributed by atoms with E-state index >= 15 is 0 Å². The number of esters is 2. The minimum absolute atomic E-state index is 0.0525. The van der Waals surface area contributed by atoms with Crippen molar-refractivity contribution in [3.8, 4) is 0 Å². The lowest BCUT2D eigenvalue weighted by Gasteiger charge is -2.19. The smallest absolute Gasteiger partial charge is 0.462 e. The Morgan fingerprint density at radius 1 is 0.330 bits per heavy atom. The molecule has 0 aromatic rings. The molecule has 91 heavy (non-hydrogen) atoms. The van der Waals surface area contributed by atoms with Crippen LogP contribution in [0.15, 0.2) is 109 Å². The molecule has 0 aliphatic rings. The van der Waals surface area contributed by atoms with Crippen molar-refractivity contribution < 1.29 is 37.6 Å². The zero-order valence-corrected chi connectivity index (χ0v) is 60.2. The number of hydrogen-bond acceptors (Lipinski definition) is 8. The average molecular weight is 1290 g/mol. The lowest BCUT2D eigenvalue weighted by Crippen LogP contribution is -2.29. The first-order chi connectivity index (χ1) is 44.8. The highest BCUT2D eigenvalue weighted by atomic mass is 31.2. The van der Waals surface area contributed by atoms with Crippen LogP contribution in [-0.2, 0) is 32.7 Å². The number of ether oxygens (including phenoxy) is 2. The maximum atomic E-state index is 12.8. The summed E-state index contributed by atoms with van der Waals surface area (Å²) in [5.41, 5.74) is 5.41. The Morgan fingerprint density at radius 2 is 0.571 bits per heavy atom. The highest BCUT2D eigenvalue weighted by Crippen LogP contribution is 2.43. The van der Waals surface area contributed by atoms with Gasteiger partial charge in [-0.1, -0.05) is 361 Å². The minimum Gasteiger partial charge on any atom is -0.462 e. The Hall–Kier alpha value is -3.33. The van der Waals surface area contributed by atoms with Crippen LogP contribution in [0.25, 0.3) is 0 Å². The largest absolute Gasteiger partial charge is 0.472 e. The van der Waals surface area contributed by atoms with Crippen molar-refractivity contribution >= 4 is 19.8 Å². The number of hydrogen-bond donors (Lipinski definition) is 2. The molecule has 10 heteroatoms. The van der Waals surface area contributed by atoms with E-state index in [0.717, 1.165) is 96.3 Å². The van der Waals surface area contributed by atoms with Crippen molar-refractivity contribution in [2.24, 2.45) is 5.73 Å². The van der Waals surface area contributed by atoms with Crippen LogP contribution < -0.4 is 5.73 Å². The number of allylic oxidation sites excluding steroid dienone is 18. The van der Waals surface area contributed by atoms with Crippen LogP contribution in [0.5, 0.6) is 0 Å². The van der Waals surface area contributed by atoms with Crippen molar-refractivity contribution in [2.75, 3.05) is 26.4 Å². The van der Waals surface area contributed by atoms with Crippen molar-refractivity contribution in [1.82, 2.24) is 0 Å². The summed E-state index contributed by atoms with van der Waals surface area (Å²) in [6.45, 7) is 3.57. The summed E-state index contributed by atoms with van der Waals surface area (Å²) in [5, 5.41) is 0. The molecule has 2 atom stereocenters. The number of unbranched alkanes of at least 4 members (excludes halogenated alkanes) is 41. The third kappa shape index (κ3) is 75.6. The lowest BCUT2D eigenvalue weighted by molar-refractivity contribution is -0.161. The maximum absolute atomic E-state index is 12.8. The molecule has 0 aliphatic carbocycles. The van der Waals surface area contributed by atoms with Gasteiger partial charge in [0.05, 0.1) is 13.2 Å². The molecule has 0 saturated carbocycles. The fraction of sp³-hybridized carbons (Fsp3) is 0.753. The number of carbonyl (C=O) groups is 2. The van der Waals surface area contributed by atoms with Crippen LogP contribution in [0.4, 0.5) is 0 Å². The normalized spacial score (nSPS) is 13.5. The van der Waals surface area contributed by atoms with Crippen LogP contribution in [0.2, 0.25) is 0 Å². The van der Waals surface area contributed by atoms with Gasteiger partial charge in [0.1, 0.15) is 6.61 Å². The second-order valence-corrected chi connectivity index (χ2v) is 26.9. The highest BCUT2D eigenvalue weighted by Gasteiger charge is 2.26. The first-order valence-electron chi connectivity index (χ1n) is 38.4. The SMILES string of the molecule is CC/C=C\C/C=C\C/C=C\C/C=C\C/C=C\CCCCCCCCCCCCCCCCCCCC(=O)OC(COC(=O)CCCCCCCCCCCCCCCCCCCCCCCCCC/C=C\C/C=C\C/C=C\C/C=C\CC)COP(=O)(O)OCCN. The molecule has 0 heterocycles. The molecule has 0 fully saturated rings. The van der Waals surface area contributed by atoms with Crippen molar-refractivity contribution in [3.05, 3.63) is 109 Å². The summed E-state index contributed by atoms with van der Waals surface area (Å²) in [4.78, 5) is 35.4. The summed E-state index contributed by atoms with van der Waals surface area (Å²) in [6.07, 6.45) is 105. The molecule has 0 aromatic carbocycles. The summed E-state index contributed by atoms with van der Waals surface area (Å²) >= 11 is 0. The Morgan fingerprint density at radius 3 is 0.846 bits per heavy atom. The van der Waals surface area contributed by atoms with Gasteiger partial charge in [0.15, 0.2) is 6.10 Å². The van der Waals surface area contributed by atoms with Gasteiger partial charge in [-0.15, -0.1) is 0 Å². The molecule has 0 aromatic heterocycles. The molecule has 0 bridgehead atoms. The van der Waals surface area contributed by atoms with E-state index in [4.69, 9.17) is 24.3 Å². The number of carbonyl (C=O) groups excluding carboxylic acids is 2. The van der Waals surface area contributed by atoms with E-state index in [1.165, 1.54) is 231 Å². The van der Waals surface area contributed by atoms with Gasteiger partial charge in [-0.3, -0.25) is 18.6 Å². The zero-order valence-electron chi connectivity index (χ0n) is 59.3. The molecule has 2 unspecified atom stereocenters. The molecule has 0 rings (SSSR count). The third-order valence-corrected chi connectivity index (χ3v) is 17.6. The molecule has 526 valence electrons. The highest BCUT2D eigenvalue weighted by molar-refractivity contribution is 7.47. The van der Waals surface area contributed by atoms with Crippen LogP contribution in [0, 0.1) is 0 Å². The van der Waals surface area contributed by atoms with E-state index in [0.29, 0.717) is 6.42 Å². The standard InChI is InChI=1S/C81H144NO8P/c1-3-5-7-9-11-13-15-17-19-21-23-25-27-29-31-33-35-37-38-39-40-42-43-45-47-49-51-53-55-57-59-61-63-65-67-69-71-73-80(83)87-77-79(78-89-91(85,86)88-76-75-82)90-81(84)74-72-70-68-66-64-62-60-58-56-54-52-50-48-46-44-41-36-34-32-30-28-26-24-22-20-18-16-14-12-10-8-6-4-2/h5-8,11-14,17-20,23-26,30,32,79H,3-4,9-10,15-16,21-22,27-29,31,33-78,82H2,1-2H3,(H,85,86)/b7-5-,8-6-,13-11-,14-12-,19-17-,20-18-,25-23-,26-24-,32-30-. The van der Waals surface area contributed by atoms with Crippen molar-refractivity contribution in [3.63, 3.8) is 0 Å². The van der Waals surface area contributed by atoms with Gasteiger partial charge in [0.25, 0.3) is 0 Å². The Bertz CT molecular complexity index is 1860. The number of nitrogens with two attached hydrogens (primary N) is 1. The Labute approximate surface area is 562 Å². The van der Waals surface area contributed by atoms with Crippen LogP contribution in [-0.4, -0.2) is 49.3 Å². The minimum atomic E-state index is -4.40. The molecule has 0 radical (unpaired) electrons. The molecule has 0 saturated heterocycles.